The van der Waals surface area contributed by atoms with Crippen molar-refractivity contribution in [2.75, 3.05) is 51.8 Å². The maximum absolute atomic E-state index is 6.21. The van der Waals surface area contributed by atoms with Crippen molar-refractivity contribution >= 4 is 5.69 Å². The number of piperidine rings is 1. The first-order chi connectivity index (χ1) is 17.9. The molecule has 37 heavy (non-hydrogen) atoms. The predicted molar refractivity (Wildman–Crippen MR) is 151 cm³/mol. The average Bonchev–Trinajstić information content (AvgIpc) is 3.30. The van der Waals surface area contributed by atoms with E-state index in [1.54, 1.807) is 12.1 Å². The molecule has 2 aliphatic rings. The molecule has 4 N–H and O–H groups in total. The molecule has 4 rings (SSSR count). The number of likely N-dealkylation sites (tertiary alicyclic amines) is 1. The van der Waals surface area contributed by atoms with Crippen LogP contribution in [0.15, 0.2) is 48.3 Å². The van der Waals surface area contributed by atoms with Crippen LogP contribution in [0.2, 0.25) is 0 Å². The molecule has 2 heterocycles. The molecule has 7 nitrogen and oxygen atoms in total. The molecular weight excluding hydrogens is 462 g/mol. The summed E-state index contributed by atoms with van der Waals surface area (Å²) in [4.78, 5) is 4.90. The number of fused-ring (bicyclic) bond motifs is 1. The minimum atomic E-state index is 0.233. The van der Waals surface area contributed by atoms with Crippen molar-refractivity contribution in [1.29, 1.82) is 0 Å². The number of hydrazine groups is 1. The smallest absolute Gasteiger partial charge is 0.124 e. The fraction of sp³-hybridized carbons (Fsp3) is 0.533. The Hall–Kier alpha value is -2.74. The maximum Gasteiger partial charge on any atom is 0.124 e. The Morgan fingerprint density at radius 1 is 1.14 bits per heavy atom. The third-order valence-electron chi connectivity index (χ3n) is 7.68. The molecular formula is C30H45N5O2. The highest BCUT2D eigenvalue weighted by atomic mass is 16.5. The number of hydrogen-bond donors (Lipinski definition) is 2. The molecule has 0 spiro atoms. The second kappa shape index (κ2) is 13.2. The van der Waals surface area contributed by atoms with E-state index in [1.807, 2.05) is 6.20 Å². The second-order valence-corrected chi connectivity index (χ2v) is 10.5. The Morgan fingerprint density at radius 3 is 2.62 bits per heavy atom. The van der Waals surface area contributed by atoms with E-state index in [0.717, 1.165) is 77.0 Å². The monoisotopic (exact) mass is 507 g/mol. The predicted octanol–water partition coefficient (Wildman–Crippen LogP) is 3.98. The summed E-state index contributed by atoms with van der Waals surface area (Å²) < 4.78 is 11.9. The first kappa shape index (κ1) is 27.3. The molecule has 0 amide bonds. The van der Waals surface area contributed by atoms with Gasteiger partial charge in [-0.05, 0) is 68.2 Å². The average molecular weight is 508 g/mol. The molecule has 7 heteroatoms. The molecule has 2 aromatic carbocycles. The Labute approximate surface area is 223 Å². The lowest BCUT2D eigenvalue weighted by atomic mass is 9.98. The zero-order valence-electron chi connectivity index (χ0n) is 22.9. The highest BCUT2D eigenvalue weighted by molar-refractivity contribution is 5.68. The van der Waals surface area contributed by atoms with Gasteiger partial charge >= 0.3 is 0 Å². The van der Waals surface area contributed by atoms with Gasteiger partial charge in [0.25, 0.3) is 0 Å². The van der Waals surface area contributed by atoms with Crippen LogP contribution in [0.25, 0.3) is 0 Å². The van der Waals surface area contributed by atoms with E-state index in [9.17, 15) is 0 Å². The lowest BCUT2D eigenvalue weighted by Crippen LogP contribution is -2.37. The number of nitrogens with two attached hydrogens (primary N) is 2. The molecule has 0 saturated carbocycles. The van der Waals surface area contributed by atoms with Crippen LogP contribution in [0, 0.1) is 6.92 Å². The molecule has 0 aliphatic carbocycles. The standard InChI is InChI=1S/C30H45N5O2/c1-23-19-29(36-3)28(27-14-16-33(2)30(23)27)21-34-17-12-26(13-18-34)37-22-25(31)20-35(32)15-8-7-11-24-9-5-4-6-10-24/h4-6,9-10,19-20,26H,7-8,11-18,21-22,31-32H2,1-3H3/b25-20-. The first-order valence-electron chi connectivity index (χ1n) is 13.7. The van der Waals surface area contributed by atoms with Crippen molar-refractivity contribution in [2.24, 2.45) is 11.6 Å². The number of hydrogen-bond acceptors (Lipinski definition) is 7. The van der Waals surface area contributed by atoms with Crippen molar-refractivity contribution in [3.05, 3.63) is 70.5 Å². The van der Waals surface area contributed by atoms with Crippen LogP contribution < -0.4 is 21.2 Å². The van der Waals surface area contributed by atoms with Gasteiger partial charge in [-0.15, -0.1) is 0 Å². The van der Waals surface area contributed by atoms with Gasteiger partial charge in [-0.3, -0.25) is 4.90 Å². The highest BCUT2D eigenvalue weighted by Crippen LogP contribution is 2.39. The number of ether oxygens (including phenoxy) is 2. The summed E-state index contributed by atoms with van der Waals surface area (Å²) in [6.45, 7) is 7.43. The minimum absolute atomic E-state index is 0.233. The summed E-state index contributed by atoms with van der Waals surface area (Å²) in [6.07, 6.45) is 8.37. The van der Waals surface area contributed by atoms with Crippen molar-refractivity contribution in [2.45, 2.75) is 58.1 Å². The zero-order chi connectivity index (χ0) is 26.2. The Bertz CT molecular complexity index is 1030. The number of unbranched alkanes of at least 4 members (excludes halogenated alkanes) is 1. The Balaban J connectivity index is 1.18. The van der Waals surface area contributed by atoms with E-state index in [-0.39, 0.29) is 6.10 Å². The number of likely N-dealkylation sites (N-methyl/N-ethyl adjacent to an activating group) is 1. The largest absolute Gasteiger partial charge is 0.496 e. The van der Waals surface area contributed by atoms with E-state index < -0.39 is 0 Å². The lowest BCUT2D eigenvalue weighted by Gasteiger charge is -2.33. The van der Waals surface area contributed by atoms with Gasteiger partial charge in [0, 0.05) is 57.2 Å². The van der Waals surface area contributed by atoms with Crippen LogP contribution in [0.3, 0.4) is 0 Å². The number of aryl methyl sites for hydroxylation is 2. The molecule has 202 valence electrons. The van der Waals surface area contributed by atoms with E-state index in [0.29, 0.717) is 12.3 Å². The summed E-state index contributed by atoms with van der Waals surface area (Å²) >= 11 is 0. The molecule has 0 atom stereocenters. The normalized spacial score (nSPS) is 16.8. The minimum Gasteiger partial charge on any atom is -0.496 e. The molecule has 1 fully saturated rings. The lowest BCUT2D eigenvalue weighted by molar-refractivity contribution is 0.0162. The van der Waals surface area contributed by atoms with Gasteiger partial charge in [-0.2, -0.15) is 0 Å². The number of rotatable bonds is 12. The van der Waals surface area contributed by atoms with Crippen LogP contribution in [0.4, 0.5) is 5.69 Å². The van der Waals surface area contributed by atoms with E-state index in [1.165, 1.54) is 27.9 Å². The fourth-order valence-corrected chi connectivity index (χ4v) is 5.68. The third kappa shape index (κ3) is 7.40. The van der Waals surface area contributed by atoms with Gasteiger partial charge in [0.05, 0.1) is 25.5 Å². The van der Waals surface area contributed by atoms with Crippen molar-refractivity contribution in [3.63, 3.8) is 0 Å². The fourth-order valence-electron chi connectivity index (χ4n) is 5.68. The summed E-state index contributed by atoms with van der Waals surface area (Å²) in [7, 11) is 3.97. The molecule has 0 radical (unpaired) electrons. The Morgan fingerprint density at radius 2 is 1.89 bits per heavy atom. The number of methoxy groups -OCH3 is 1. The summed E-state index contributed by atoms with van der Waals surface area (Å²) in [5, 5.41) is 1.69. The van der Waals surface area contributed by atoms with Crippen LogP contribution in [0.1, 0.15) is 47.9 Å². The number of benzene rings is 2. The van der Waals surface area contributed by atoms with E-state index in [4.69, 9.17) is 21.1 Å². The van der Waals surface area contributed by atoms with Crippen LogP contribution in [0.5, 0.6) is 5.75 Å². The molecule has 1 saturated heterocycles. The molecule has 0 unspecified atom stereocenters. The van der Waals surface area contributed by atoms with Gasteiger partial charge in [-0.1, -0.05) is 30.3 Å². The molecule has 2 aromatic rings. The molecule has 2 aliphatic heterocycles. The van der Waals surface area contributed by atoms with Gasteiger partial charge in [0.1, 0.15) is 5.75 Å². The van der Waals surface area contributed by atoms with E-state index in [2.05, 4.69) is 60.2 Å². The Kier molecular flexibility index (Phi) is 9.72. The van der Waals surface area contributed by atoms with Crippen molar-refractivity contribution < 1.29 is 9.47 Å². The maximum atomic E-state index is 6.21. The quantitative estimate of drug-likeness (QED) is 0.256. The summed E-state index contributed by atoms with van der Waals surface area (Å²) in [6, 6.07) is 12.8. The van der Waals surface area contributed by atoms with Gasteiger partial charge < -0.3 is 25.1 Å². The van der Waals surface area contributed by atoms with Gasteiger partial charge in [0.15, 0.2) is 0 Å². The topological polar surface area (TPSA) is 80.2 Å². The SMILES string of the molecule is COc1cc(C)c2c(c1CN1CCC(OC/C(N)=C/N(N)CCCCc3ccccc3)CC1)CCN2C. The van der Waals surface area contributed by atoms with Gasteiger partial charge in [-0.25, -0.2) is 5.84 Å². The third-order valence-corrected chi connectivity index (χ3v) is 7.68. The van der Waals surface area contributed by atoms with Crippen LogP contribution >= 0.6 is 0 Å². The highest BCUT2D eigenvalue weighted by Gasteiger charge is 2.27. The number of nitrogens with zero attached hydrogens (tertiary/aromatic N) is 3. The second-order valence-electron chi connectivity index (χ2n) is 10.5. The van der Waals surface area contributed by atoms with Crippen molar-refractivity contribution in [3.8, 4) is 5.75 Å². The molecule has 0 bridgehead atoms. The summed E-state index contributed by atoms with van der Waals surface area (Å²) in [5.41, 5.74) is 13.8. The molecule has 0 aromatic heterocycles. The van der Waals surface area contributed by atoms with Crippen LogP contribution in [-0.4, -0.2) is 63.0 Å². The summed E-state index contributed by atoms with van der Waals surface area (Å²) in [5.74, 6) is 7.16. The van der Waals surface area contributed by atoms with Crippen LogP contribution in [-0.2, 0) is 24.1 Å². The van der Waals surface area contributed by atoms with Gasteiger partial charge in [0.2, 0.25) is 0 Å². The van der Waals surface area contributed by atoms with E-state index >= 15 is 0 Å². The first-order valence-corrected chi connectivity index (χ1v) is 13.7. The number of anilines is 1. The zero-order valence-corrected chi connectivity index (χ0v) is 22.9. The van der Waals surface area contributed by atoms with Crippen molar-refractivity contribution in [1.82, 2.24) is 9.91 Å².